The lowest BCUT2D eigenvalue weighted by Crippen LogP contribution is -2.43. The summed E-state index contributed by atoms with van der Waals surface area (Å²) in [5.74, 6) is -0.974. The molecule has 136 valence electrons. The van der Waals surface area contributed by atoms with E-state index in [1.165, 1.54) is 28.2 Å². The zero-order valence-electron chi connectivity index (χ0n) is 14.5. The number of carbonyl (C=O) groups is 2. The Labute approximate surface area is 152 Å². The lowest BCUT2D eigenvalue weighted by molar-refractivity contribution is -0.120. The second-order valence-corrected chi connectivity index (χ2v) is 6.47. The Morgan fingerprint density at radius 2 is 1.77 bits per heavy atom. The number of anilines is 1. The molecule has 3 rings (SSSR count). The molecule has 2 N–H and O–H groups in total. The van der Waals surface area contributed by atoms with Gasteiger partial charge in [-0.3, -0.25) is 14.5 Å². The Morgan fingerprint density at radius 1 is 1.08 bits per heavy atom. The van der Waals surface area contributed by atoms with Gasteiger partial charge < -0.3 is 10.6 Å². The molecular weight excluding hydrogens is 333 g/mol. The monoisotopic (exact) mass is 355 g/mol. The van der Waals surface area contributed by atoms with E-state index in [-0.39, 0.29) is 31.2 Å². The number of carbonyl (C=O) groups excluding carboxylic acids is 2. The van der Waals surface area contributed by atoms with Crippen molar-refractivity contribution in [2.75, 3.05) is 24.5 Å². The van der Waals surface area contributed by atoms with Crippen molar-refractivity contribution in [2.24, 2.45) is 5.73 Å². The van der Waals surface area contributed by atoms with Gasteiger partial charge >= 0.3 is 0 Å². The van der Waals surface area contributed by atoms with Crippen molar-refractivity contribution in [3.63, 3.8) is 0 Å². The van der Waals surface area contributed by atoms with E-state index < -0.39 is 5.91 Å². The van der Waals surface area contributed by atoms with Gasteiger partial charge in [0.15, 0.2) is 0 Å². The van der Waals surface area contributed by atoms with E-state index in [0.717, 1.165) is 19.5 Å². The summed E-state index contributed by atoms with van der Waals surface area (Å²) in [5, 5.41) is 0. The summed E-state index contributed by atoms with van der Waals surface area (Å²) in [4.78, 5) is 27.6. The maximum atomic E-state index is 13.2. The van der Waals surface area contributed by atoms with E-state index >= 15 is 0 Å². The van der Waals surface area contributed by atoms with E-state index in [2.05, 4.69) is 17.0 Å². The second kappa shape index (κ2) is 8.10. The van der Waals surface area contributed by atoms with Gasteiger partial charge in [-0.25, -0.2) is 4.39 Å². The third-order valence-corrected chi connectivity index (χ3v) is 4.59. The van der Waals surface area contributed by atoms with Crippen molar-refractivity contribution in [3.8, 4) is 0 Å². The predicted octanol–water partition coefficient (Wildman–Crippen LogP) is 2.09. The van der Waals surface area contributed by atoms with Crippen molar-refractivity contribution in [1.29, 1.82) is 0 Å². The van der Waals surface area contributed by atoms with Gasteiger partial charge in [-0.05, 0) is 41.8 Å². The average Bonchev–Trinajstić information content (AvgIpc) is 2.63. The first-order valence-electron chi connectivity index (χ1n) is 8.66. The normalized spacial score (nSPS) is 13.9. The number of primary amides is 1. The number of rotatable bonds is 6. The molecule has 0 spiro atoms. The van der Waals surface area contributed by atoms with Crippen molar-refractivity contribution in [3.05, 3.63) is 65.5 Å². The van der Waals surface area contributed by atoms with Crippen molar-refractivity contribution in [2.45, 2.75) is 19.4 Å². The largest absolute Gasteiger partial charge is 0.370 e. The predicted molar refractivity (Wildman–Crippen MR) is 98.0 cm³/mol. The molecule has 0 radical (unpaired) electrons. The molecule has 0 aromatic heterocycles. The average molecular weight is 355 g/mol. The molecule has 1 aliphatic rings. The van der Waals surface area contributed by atoms with Crippen molar-refractivity contribution < 1.29 is 14.0 Å². The third-order valence-electron chi connectivity index (χ3n) is 4.59. The maximum absolute atomic E-state index is 13.2. The minimum absolute atomic E-state index is 0.0615. The van der Waals surface area contributed by atoms with Crippen LogP contribution >= 0.6 is 0 Å². The van der Waals surface area contributed by atoms with Crippen LogP contribution in [0.5, 0.6) is 0 Å². The Hall–Kier alpha value is -2.73. The smallest absolute Gasteiger partial charge is 0.241 e. The van der Waals surface area contributed by atoms with E-state index in [4.69, 9.17) is 5.73 Å². The Bertz CT molecular complexity index is 792. The lowest BCUT2D eigenvalue weighted by atomic mass is 10.00. The highest BCUT2D eigenvalue weighted by Gasteiger charge is 2.22. The van der Waals surface area contributed by atoms with Crippen LogP contribution in [0.4, 0.5) is 10.1 Å². The first-order chi connectivity index (χ1) is 12.5. The molecule has 0 unspecified atom stereocenters. The highest BCUT2D eigenvalue weighted by atomic mass is 19.1. The molecule has 0 saturated carbocycles. The summed E-state index contributed by atoms with van der Waals surface area (Å²) in [5.41, 5.74) is 8.35. The standard InChI is InChI=1S/C20H22FN3O2/c21-17-5-7-18(8-6-17)24(12-10-19(22)25)20(26)14-23-11-9-15-3-1-2-4-16(15)13-23/h1-8H,9-14H2,(H2,22,25). The molecule has 1 heterocycles. The Kier molecular flexibility index (Phi) is 5.63. The quantitative estimate of drug-likeness (QED) is 0.863. The second-order valence-electron chi connectivity index (χ2n) is 6.47. The summed E-state index contributed by atoms with van der Waals surface area (Å²) >= 11 is 0. The molecule has 2 aromatic rings. The first-order valence-corrected chi connectivity index (χ1v) is 8.66. The topological polar surface area (TPSA) is 66.6 Å². The number of amides is 2. The van der Waals surface area contributed by atoms with E-state index in [1.807, 2.05) is 12.1 Å². The summed E-state index contributed by atoms with van der Waals surface area (Å²) in [6.45, 7) is 1.94. The Balaban J connectivity index is 1.71. The van der Waals surface area contributed by atoms with Gasteiger partial charge in [0.05, 0.1) is 6.54 Å². The molecular formula is C20H22FN3O2. The van der Waals surface area contributed by atoms with Gasteiger partial charge in [-0.15, -0.1) is 0 Å². The molecule has 0 fully saturated rings. The van der Waals surface area contributed by atoms with Gasteiger partial charge in [0.25, 0.3) is 0 Å². The maximum Gasteiger partial charge on any atom is 0.241 e. The van der Waals surface area contributed by atoms with Gasteiger partial charge in [-0.1, -0.05) is 24.3 Å². The van der Waals surface area contributed by atoms with Crippen LogP contribution in [0.15, 0.2) is 48.5 Å². The highest BCUT2D eigenvalue weighted by molar-refractivity contribution is 5.95. The zero-order valence-corrected chi connectivity index (χ0v) is 14.5. The molecule has 0 atom stereocenters. The van der Waals surface area contributed by atoms with Crippen LogP contribution in [0.3, 0.4) is 0 Å². The lowest BCUT2D eigenvalue weighted by Gasteiger charge is -2.31. The van der Waals surface area contributed by atoms with Crippen LogP contribution in [-0.4, -0.2) is 36.3 Å². The number of hydrogen-bond acceptors (Lipinski definition) is 3. The molecule has 0 saturated heterocycles. The van der Waals surface area contributed by atoms with Crippen LogP contribution < -0.4 is 10.6 Å². The summed E-state index contributed by atoms with van der Waals surface area (Å²) in [7, 11) is 0. The zero-order chi connectivity index (χ0) is 18.5. The first kappa shape index (κ1) is 18.1. The SMILES string of the molecule is NC(=O)CCN(C(=O)CN1CCc2ccccc2C1)c1ccc(F)cc1. The molecule has 2 aromatic carbocycles. The summed E-state index contributed by atoms with van der Waals surface area (Å²) in [6.07, 6.45) is 0.966. The molecule has 2 amide bonds. The minimum atomic E-state index is -0.475. The minimum Gasteiger partial charge on any atom is -0.370 e. The van der Waals surface area contributed by atoms with E-state index in [1.54, 1.807) is 12.1 Å². The van der Waals surface area contributed by atoms with Crippen LogP contribution in [0.25, 0.3) is 0 Å². The van der Waals surface area contributed by atoms with Crippen LogP contribution in [0, 0.1) is 5.82 Å². The number of benzene rings is 2. The summed E-state index contributed by atoms with van der Waals surface area (Å²) < 4.78 is 13.2. The molecule has 6 heteroatoms. The van der Waals surface area contributed by atoms with Crippen molar-refractivity contribution >= 4 is 17.5 Å². The molecule has 1 aliphatic heterocycles. The fourth-order valence-corrected chi connectivity index (χ4v) is 3.21. The molecule has 5 nitrogen and oxygen atoms in total. The van der Waals surface area contributed by atoms with Gasteiger partial charge in [0.2, 0.25) is 11.8 Å². The Morgan fingerprint density at radius 3 is 2.46 bits per heavy atom. The highest BCUT2D eigenvalue weighted by Crippen LogP contribution is 2.20. The fraction of sp³-hybridized carbons (Fsp3) is 0.300. The number of hydrogen-bond donors (Lipinski definition) is 1. The number of nitrogens with two attached hydrogens (primary N) is 1. The van der Waals surface area contributed by atoms with Crippen LogP contribution in [0.2, 0.25) is 0 Å². The third kappa shape index (κ3) is 4.46. The molecule has 0 aliphatic carbocycles. The van der Waals surface area contributed by atoms with Gasteiger partial charge in [0.1, 0.15) is 5.82 Å². The van der Waals surface area contributed by atoms with Crippen molar-refractivity contribution in [1.82, 2.24) is 4.90 Å². The molecule has 0 bridgehead atoms. The van der Waals surface area contributed by atoms with E-state index in [0.29, 0.717) is 5.69 Å². The number of nitrogens with zero attached hydrogens (tertiary/aromatic N) is 2. The van der Waals surface area contributed by atoms with E-state index in [9.17, 15) is 14.0 Å². The number of halogens is 1. The van der Waals surface area contributed by atoms with Gasteiger partial charge in [0, 0.05) is 31.7 Å². The summed E-state index contributed by atoms with van der Waals surface area (Å²) in [6, 6.07) is 13.9. The van der Waals surface area contributed by atoms with Crippen LogP contribution in [-0.2, 0) is 22.6 Å². The molecule has 26 heavy (non-hydrogen) atoms. The fourth-order valence-electron chi connectivity index (χ4n) is 3.21. The number of fused-ring (bicyclic) bond motifs is 1. The van der Waals surface area contributed by atoms with Gasteiger partial charge in [-0.2, -0.15) is 0 Å². The van der Waals surface area contributed by atoms with Crippen LogP contribution in [0.1, 0.15) is 17.5 Å².